The molecule has 0 aliphatic carbocycles. The lowest BCUT2D eigenvalue weighted by Gasteiger charge is -2.32. The van der Waals surface area contributed by atoms with E-state index >= 15 is 0 Å². The van der Waals surface area contributed by atoms with Crippen LogP contribution in [-0.4, -0.2) is 71.9 Å². The van der Waals surface area contributed by atoms with E-state index in [4.69, 9.17) is 24.5 Å². The first-order chi connectivity index (χ1) is 16.1. The average Bonchev–Trinajstić information content (AvgIpc) is 2.82. The number of ketones is 1. The van der Waals surface area contributed by atoms with Gasteiger partial charge >= 0.3 is 18.1 Å². The Bertz CT molecular complexity index is 949. The topological polar surface area (TPSA) is 113 Å². The lowest BCUT2D eigenvalue weighted by atomic mass is 10.1. The molecular weight excluding hydrogens is 459 g/mol. The first kappa shape index (κ1) is 26.8. The Morgan fingerprint density at radius 3 is 2.21 bits per heavy atom. The number of hydrogen-bond acceptors (Lipinski definition) is 6. The Balaban J connectivity index is 0.000000509. The number of hydrogen-bond donors (Lipinski definition) is 2. The second-order valence-electron chi connectivity index (χ2n) is 7.25. The fourth-order valence-electron chi connectivity index (χ4n) is 3.00. The third-order valence-electron chi connectivity index (χ3n) is 4.75. The average molecular weight is 483 g/mol. The normalized spacial score (nSPS) is 16.1. The van der Waals surface area contributed by atoms with Gasteiger partial charge in [-0.15, -0.1) is 0 Å². The number of halogens is 3. The molecule has 0 aromatic heterocycles. The number of rotatable bonds is 8. The molecule has 2 N–H and O–H groups in total. The maximum Gasteiger partial charge on any atom is 0.490 e. The van der Waals surface area contributed by atoms with Crippen LogP contribution in [0.2, 0.25) is 0 Å². The molecule has 184 valence electrons. The van der Waals surface area contributed by atoms with Crippen LogP contribution in [0.15, 0.2) is 54.6 Å². The molecule has 1 heterocycles. The van der Waals surface area contributed by atoms with Crippen molar-refractivity contribution >= 4 is 17.7 Å². The van der Waals surface area contributed by atoms with E-state index in [1.54, 1.807) is 12.1 Å². The highest BCUT2D eigenvalue weighted by molar-refractivity contribution is 5.97. The molecule has 0 bridgehead atoms. The van der Waals surface area contributed by atoms with Gasteiger partial charge in [-0.3, -0.25) is 14.5 Å². The number of carbonyl (C=O) groups is 3. The number of nitrogens with zero attached hydrogens (tertiary/aromatic N) is 1. The van der Waals surface area contributed by atoms with Gasteiger partial charge in [0.05, 0.1) is 19.1 Å². The third-order valence-corrected chi connectivity index (χ3v) is 4.75. The zero-order chi connectivity index (χ0) is 25.1. The van der Waals surface area contributed by atoms with Gasteiger partial charge in [-0.25, -0.2) is 4.79 Å². The summed E-state index contributed by atoms with van der Waals surface area (Å²) in [6.07, 6.45) is -5.04. The molecule has 1 unspecified atom stereocenters. The monoisotopic (exact) mass is 483 g/mol. The van der Waals surface area contributed by atoms with Crippen molar-refractivity contribution in [2.75, 3.05) is 32.8 Å². The molecule has 0 spiro atoms. The SMILES string of the molecule is O=C(O)C(F)(F)F.O=C(O)CCN1CCOC(c2ccc(OCC(=O)c3ccccc3)cc2)C1. The van der Waals surface area contributed by atoms with Crippen LogP contribution in [-0.2, 0) is 14.3 Å². The molecule has 2 aromatic rings. The molecule has 2 aromatic carbocycles. The van der Waals surface area contributed by atoms with Crippen molar-refractivity contribution in [3.63, 3.8) is 0 Å². The number of ether oxygens (including phenoxy) is 2. The first-order valence-corrected chi connectivity index (χ1v) is 10.2. The number of carboxylic acids is 2. The van der Waals surface area contributed by atoms with Crippen LogP contribution in [0.3, 0.4) is 0 Å². The summed E-state index contributed by atoms with van der Waals surface area (Å²) >= 11 is 0. The standard InChI is InChI=1S/C21H23NO5.C2HF3O2/c23-19(16-4-2-1-3-5-16)15-27-18-8-6-17(7-9-18)20-14-22(12-13-26-20)11-10-21(24)25;3-2(4,5)1(6)7/h1-9,20H,10-15H2,(H,24,25);(H,6,7). The van der Waals surface area contributed by atoms with E-state index in [0.29, 0.717) is 31.0 Å². The van der Waals surface area contributed by atoms with E-state index in [2.05, 4.69) is 4.90 Å². The van der Waals surface area contributed by atoms with Crippen LogP contribution < -0.4 is 4.74 Å². The Labute approximate surface area is 193 Å². The second kappa shape index (κ2) is 12.7. The van der Waals surface area contributed by atoms with Gasteiger partial charge in [0.2, 0.25) is 0 Å². The largest absolute Gasteiger partial charge is 0.490 e. The minimum absolute atomic E-state index is 0.00768. The fraction of sp³-hybridized carbons (Fsp3) is 0.348. The Hall–Kier alpha value is -3.44. The minimum Gasteiger partial charge on any atom is -0.485 e. The molecule has 0 amide bonds. The Kier molecular flexibility index (Phi) is 10.0. The summed E-state index contributed by atoms with van der Waals surface area (Å²) in [5.41, 5.74) is 1.64. The number of benzene rings is 2. The highest BCUT2D eigenvalue weighted by Crippen LogP contribution is 2.24. The van der Waals surface area contributed by atoms with Gasteiger partial charge < -0.3 is 19.7 Å². The number of aliphatic carboxylic acids is 2. The van der Waals surface area contributed by atoms with Gasteiger partial charge in [-0.2, -0.15) is 13.2 Å². The van der Waals surface area contributed by atoms with Crippen LogP contribution in [0.25, 0.3) is 0 Å². The molecule has 0 radical (unpaired) electrons. The van der Waals surface area contributed by atoms with Crippen LogP contribution in [0.1, 0.15) is 28.4 Å². The van der Waals surface area contributed by atoms with Gasteiger partial charge in [-0.1, -0.05) is 42.5 Å². The van der Waals surface area contributed by atoms with Crippen LogP contribution >= 0.6 is 0 Å². The van der Waals surface area contributed by atoms with Crippen LogP contribution in [0, 0.1) is 0 Å². The predicted molar refractivity (Wildman–Crippen MR) is 114 cm³/mol. The van der Waals surface area contributed by atoms with Crippen molar-refractivity contribution in [2.24, 2.45) is 0 Å². The summed E-state index contributed by atoms with van der Waals surface area (Å²) in [5.74, 6) is -2.98. The molecule has 34 heavy (non-hydrogen) atoms. The lowest BCUT2D eigenvalue weighted by molar-refractivity contribution is -0.192. The number of carbonyl (C=O) groups excluding carboxylic acids is 1. The Morgan fingerprint density at radius 2 is 1.65 bits per heavy atom. The van der Waals surface area contributed by atoms with Gasteiger partial charge in [0, 0.05) is 25.2 Å². The lowest BCUT2D eigenvalue weighted by Crippen LogP contribution is -2.39. The van der Waals surface area contributed by atoms with Crippen LogP contribution in [0.5, 0.6) is 5.75 Å². The first-order valence-electron chi connectivity index (χ1n) is 10.2. The molecule has 3 rings (SSSR count). The smallest absolute Gasteiger partial charge is 0.485 e. The summed E-state index contributed by atoms with van der Waals surface area (Å²) < 4.78 is 43.1. The van der Waals surface area contributed by atoms with Crippen molar-refractivity contribution in [3.05, 3.63) is 65.7 Å². The molecule has 1 aliphatic heterocycles. The quantitative estimate of drug-likeness (QED) is 0.549. The van der Waals surface area contributed by atoms with E-state index < -0.39 is 18.1 Å². The van der Waals surface area contributed by atoms with Gasteiger partial charge in [0.25, 0.3) is 0 Å². The number of alkyl halides is 3. The summed E-state index contributed by atoms with van der Waals surface area (Å²) in [7, 11) is 0. The van der Waals surface area contributed by atoms with Crippen molar-refractivity contribution in [1.82, 2.24) is 4.90 Å². The van der Waals surface area contributed by atoms with Gasteiger partial charge in [0.1, 0.15) is 5.75 Å². The number of Topliss-reactive ketones (excluding diaryl/α,β-unsaturated/α-hetero) is 1. The fourth-order valence-corrected chi connectivity index (χ4v) is 3.00. The molecule has 0 saturated carbocycles. The van der Waals surface area contributed by atoms with Crippen molar-refractivity contribution < 1.29 is 47.2 Å². The highest BCUT2D eigenvalue weighted by Gasteiger charge is 2.38. The number of morpholine rings is 1. The molecule has 1 fully saturated rings. The molecule has 1 atom stereocenters. The highest BCUT2D eigenvalue weighted by atomic mass is 19.4. The van der Waals surface area contributed by atoms with E-state index in [0.717, 1.165) is 12.1 Å². The number of carboxylic acid groups (broad SMARTS) is 2. The zero-order valence-electron chi connectivity index (χ0n) is 18.0. The van der Waals surface area contributed by atoms with Gasteiger partial charge in [0.15, 0.2) is 12.4 Å². The van der Waals surface area contributed by atoms with Gasteiger partial charge in [-0.05, 0) is 17.7 Å². The molecule has 11 heteroatoms. The maximum absolute atomic E-state index is 12.1. The van der Waals surface area contributed by atoms with Crippen molar-refractivity contribution in [3.8, 4) is 5.75 Å². The second-order valence-corrected chi connectivity index (χ2v) is 7.25. The van der Waals surface area contributed by atoms with Crippen molar-refractivity contribution in [2.45, 2.75) is 18.7 Å². The predicted octanol–water partition coefficient (Wildman–Crippen LogP) is 3.43. The summed E-state index contributed by atoms with van der Waals surface area (Å²) in [4.78, 5) is 33.8. The molecule has 1 aliphatic rings. The van der Waals surface area contributed by atoms with Crippen molar-refractivity contribution in [1.29, 1.82) is 0 Å². The molecule has 8 nitrogen and oxygen atoms in total. The van der Waals surface area contributed by atoms with E-state index in [1.807, 2.05) is 42.5 Å². The maximum atomic E-state index is 12.1. The third kappa shape index (κ3) is 9.20. The minimum atomic E-state index is -5.08. The summed E-state index contributed by atoms with van der Waals surface area (Å²) in [6.45, 7) is 2.50. The molecular formula is C23H24F3NO7. The zero-order valence-corrected chi connectivity index (χ0v) is 18.0. The molecule has 1 saturated heterocycles. The van der Waals surface area contributed by atoms with E-state index in [1.165, 1.54) is 0 Å². The van der Waals surface area contributed by atoms with Crippen LogP contribution in [0.4, 0.5) is 13.2 Å². The Morgan fingerprint density at radius 1 is 1.03 bits per heavy atom. The summed E-state index contributed by atoms with van der Waals surface area (Å²) in [6, 6.07) is 16.6. The van der Waals surface area contributed by atoms with E-state index in [9.17, 15) is 22.8 Å². The summed E-state index contributed by atoms with van der Waals surface area (Å²) in [5, 5.41) is 15.9. The van der Waals surface area contributed by atoms with E-state index in [-0.39, 0.29) is 24.9 Å².